The van der Waals surface area contributed by atoms with Crippen LogP contribution in [0.5, 0.6) is 5.75 Å². The van der Waals surface area contributed by atoms with Crippen molar-refractivity contribution in [3.05, 3.63) is 65.2 Å². The monoisotopic (exact) mass is 311 g/mol. The molecule has 2 aromatic carbocycles. The van der Waals surface area contributed by atoms with Crippen LogP contribution in [-0.4, -0.2) is 19.0 Å². The maximum absolute atomic E-state index is 12.4. The first-order chi connectivity index (χ1) is 11.0. The summed E-state index contributed by atoms with van der Waals surface area (Å²) in [6.45, 7) is 2.00. The third-order valence-electron chi connectivity index (χ3n) is 3.62. The van der Waals surface area contributed by atoms with Gasteiger partial charge in [0.1, 0.15) is 5.75 Å². The summed E-state index contributed by atoms with van der Waals surface area (Å²) in [6.07, 6.45) is 0.517. The number of ether oxygens (including phenoxy) is 1. The minimum Gasteiger partial charge on any atom is -0.497 e. The van der Waals surface area contributed by atoms with Gasteiger partial charge in [-0.05, 0) is 36.6 Å². The maximum Gasteiger partial charge on any atom is 0.256 e. The Labute approximate surface area is 136 Å². The summed E-state index contributed by atoms with van der Waals surface area (Å²) in [5.41, 5.74) is 13.7. The zero-order chi connectivity index (χ0) is 16.8. The summed E-state index contributed by atoms with van der Waals surface area (Å²) in [5, 5.41) is 0. The third-order valence-corrected chi connectivity index (χ3v) is 3.62. The van der Waals surface area contributed by atoms with Crippen molar-refractivity contribution in [3.63, 3.8) is 0 Å². The van der Waals surface area contributed by atoms with Crippen LogP contribution >= 0.6 is 0 Å². The highest BCUT2D eigenvalue weighted by Gasteiger charge is 2.21. The molecule has 0 bridgehead atoms. The molecule has 1 amide bonds. The molecule has 0 aliphatic carbocycles. The molecule has 0 aromatic heterocycles. The van der Waals surface area contributed by atoms with Crippen molar-refractivity contribution < 1.29 is 9.53 Å². The first-order valence-corrected chi connectivity index (χ1v) is 7.32. The Kier molecular flexibility index (Phi) is 5.36. The van der Waals surface area contributed by atoms with E-state index in [0.717, 1.165) is 22.4 Å². The summed E-state index contributed by atoms with van der Waals surface area (Å²) in [4.78, 5) is 16.1. The van der Waals surface area contributed by atoms with Gasteiger partial charge < -0.3 is 16.2 Å². The van der Waals surface area contributed by atoms with Crippen LogP contribution in [0.4, 0.5) is 0 Å². The normalized spacial score (nSPS) is 11.6. The van der Waals surface area contributed by atoms with E-state index in [-0.39, 0.29) is 11.9 Å². The third kappa shape index (κ3) is 4.57. The van der Waals surface area contributed by atoms with Crippen LogP contribution in [0.1, 0.15) is 22.6 Å². The number of nitrogens with zero attached hydrogens (tertiary/aromatic N) is 1. The summed E-state index contributed by atoms with van der Waals surface area (Å²) >= 11 is 0. The lowest BCUT2D eigenvalue weighted by atomic mass is 9.91. The molecule has 4 N–H and O–H groups in total. The van der Waals surface area contributed by atoms with Gasteiger partial charge in [-0.25, -0.2) is 0 Å². The molecule has 0 unspecified atom stereocenters. The second kappa shape index (κ2) is 7.45. The highest BCUT2D eigenvalue weighted by Crippen LogP contribution is 2.24. The Hall–Kier alpha value is -2.82. The number of rotatable bonds is 5. The SMILES string of the molecule is COc1ccc(C[C@H](C(=O)N=C(N)N)c2ccc(C)cc2)cc1. The van der Waals surface area contributed by atoms with Gasteiger partial charge in [-0.2, -0.15) is 4.99 Å². The molecule has 5 nitrogen and oxygen atoms in total. The number of amides is 1. The number of aryl methyl sites for hydroxylation is 1. The molecule has 5 heteroatoms. The minimum absolute atomic E-state index is 0.221. The van der Waals surface area contributed by atoms with E-state index >= 15 is 0 Å². The Bertz CT molecular complexity index is 687. The van der Waals surface area contributed by atoms with Crippen LogP contribution in [0.3, 0.4) is 0 Å². The fourth-order valence-electron chi connectivity index (χ4n) is 2.35. The lowest BCUT2D eigenvalue weighted by Gasteiger charge is -2.15. The smallest absolute Gasteiger partial charge is 0.256 e. The van der Waals surface area contributed by atoms with Crippen molar-refractivity contribution in [1.29, 1.82) is 0 Å². The van der Waals surface area contributed by atoms with Crippen LogP contribution in [0.25, 0.3) is 0 Å². The number of benzene rings is 2. The standard InChI is InChI=1S/C18H21N3O2/c1-12-3-7-14(8-4-12)16(17(22)21-18(19)20)11-13-5-9-15(23-2)10-6-13/h3-10,16H,11H2,1-2H3,(H4,19,20,21,22)/t16-/m0/s1. The molecule has 2 rings (SSSR count). The molecule has 0 radical (unpaired) electrons. The van der Waals surface area contributed by atoms with Crippen molar-refractivity contribution in [3.8, 4) is 5.75 Å². The summed E-state index contributed by atoms with van der Waals surface area (Å²) in [7, 11) is 1.62. The molecule has 0 heterocycles. The quantitative estimate of drug-likeness (QED) is 0.653. The molecule has 1 atom stereocenters. The fourth-order valence-corrected chi connectivity index (χ4v) is 2.35. The van der Waals surface area contributed by atoms with Crippen molar-refractivity contribution >= 4 is 11.9 Å². The van der Waals surface area contributed by atoms with Crippen LogP contribution < -0.4 is 16.2 Å². The van der Waals surface area contributed by atoms with Crippen molar-refractivity contribution in [1.82, 2.24) is 0 Å². The number of nitrogens with two attached hydrogens (primary N) is 2. The maximum atomic E-state index is 12.4. The summed E-state index contributed by atoms with van der Waals surface area (Å²) < 4.78 is 5.15. The Balaban J connectivity index is 2.30. The van der Waals surface area contributed by atoms with Gasteiger partial charge in [0, 0.05) is 0 Å². The zero-order valence-corrected chi connectivity index (χ0v) is 13.3. The van der Waals surface area contributed by atoms with Crippen LogP contribution in [-0.2, 0) is 11.2 Å². The molecule has 0 aliphatic heterocycles. The minimum atomic E-state index is -0.425. The van der Waals surface area contributed by atoms with Crippen LogP contribution in [0, 0.1) is 6.92 Å². The fraction of sp³-hybridized carbons (Fsp3) is 0.222. The van der Waals surface area contributed by atoms with E-state index < -0.39 is 5.92 Å². The Morgan fingerprint density at radius 1 is 1.09 bits per heavy atom. The molecule has 0 saturated carbocycles. The van der Waals surface area contributed by atoms with Gasteiger partial charge in [0.25, 0.3) is 5.91 Å². The van der Waals surface area contributed by atoms with Gasteiger partial charge in [-0.3, -0.25) is 4.79 Å². The van der Waals surface area contributed by atoms with E-state index in [1.165, 1.54) is 0 Å². The van der Waals surface area contributed by atoms with Gasteiger partial charge in [0.05, 0.1) is 13.0 Å². The predicted molar refractivity (Wildman–Crippen MR) is 91.4 cm³/mol. The van der Waals surface area contributed by atoms with E-state index in [1.807, 2.05) is 55.5 Å². The molecule has 0 aliphatic rings. The van der Waals surface area contributed by atoms with Crippen molar-refractivity contribution in [2.75, 3.05) is 7.11 Å². The second-order valence-corrected chi connectivity index (χ2v) is 5.39. The van der Waals surface area contributed by atoms with E-state index in [0.29, 0.717) is 6.42 Å². The average Bonchev–Trinajstić information content (AvgIpc) is 2.53. The van der Waals surface area contributed by atoms with Crippen LogP contribution in [0.15, 0.2) is 53.5 Å². The van der Waals surface area contributed by atoms with Crippen molar-refractivity contribution in [2.45, 2.75) is 19.3 Å². The highest BCUT2D eigenvalue weighted by molar-refractivity contribution is 5.95. The second-order valence-electron chi connectivity index (χ2n) is 5.39. The lowest BCUT2D eigenvalue weighted by molar-refractivity contribution is -0.119. The molecule has 23 heavy (non-hydrogen) atoms. The molecular formula is C18H21N3O2. The predicted octanol–water partition coefficient (Wildman–Crippen LogP) is 2.13. The number of methoxy groups -OCH3 is 1. The molecule has 2 aromatic rings. The van der Waals surface area contributed by atoms with E-state index in [2.05, 4.69) is 4.99 Å². The highest BCUT2D eigenvalue weighted by atomic mass is 16.5. The molecular weight excluding hydrogens is 290 g/mol. The number of hydrogen-bond acceptors (Lipinski definition) is 2. The van der Waals surface area contributed by atoms with Gasteiger partial charge in [-0.15, -0.1) is 0 Å². The average molecular weight is 311 g/mol. The lowest BCUT2D eigenvalue weighted by Crippen LogP contribution is -2.26. The number of carbonyl (C=O) groups excluding carboxylic acids is 1. The van der Waals surface area contributed by atoms with Gasteiger partial charge in [0.15, 0.2) is 5.96 Å². The number of aliphatic imine (C=N–C) groups is 1. The number of guanidine groups is 1. The number of hydrogen-bond donors (Lipinski definition) is 2. The first-order valence-electron chi connectivity index (χ1n) is 7.32. The van der Waals surface area contributed by atoms with Crippen LogP contribution in [0.2, 0.25) is 0 Å². The van der Waals surface area contributed by atoms with Gasteiger partial charge in [0.2, 0.25) is 0 Å². The topological polar surface area (TPSA) is 90.7 Å². The van der Waals surface area contributed by atoms with Crippen molar-refractivity contribution in [2.24, 2.45) is 16.5 Å². The summed E-state index contributed by atoms with van der Waals surface area (Å²) in [5.74, 6) is -0.214. The Morgan fingerprint density at radius 2 is 1.70 bits per heavy atom. The van der Waals surface area contributed by atoms with E-state index in [4.69, 9.17) is 16.2 Å². The first kappa shape index (κ1) is 16.5. The molecule has 0 saturated heterocycles. The molecule has 120 valence electrons. The zero-order valence-electron chi connectivity index (χ0n) is 13.3. The molecule has 0 spiro atoms. The largest absolute Gasteiger partial charge is 0.497 e. The molecule has 0 fully saturated rings. The van der Waals surface area contributed by atoms with E-state index in [9.17, 15) is 4.79 Å². The number of carbonyl (C=O) groups is 1. The van der Waals surface area contributed by atoms with Gasteiger partial charge in [-0.1, -0.05) is 42.0 Å². The van der Waals surface area contributed by atoms with Gasteiger partial charge >= 0.3 is 0 Å². The summed E-state index contributed by atoms with van der Waals surface area (Å²) in [6, 6.07) is 15.4. The van der Waals surface area contributed by atoms with E-state index in [1.54, 1.807) is 7.11 Å². The Morgan fingerprint density at radius 3 is 2.22 bits per heavy atom.